The fourth-order valence-electron chi connectivity index (χ4n) is 6.50. The number of esters is 1. The molecule has 0 amide bonds. The summed E-state index contributed by atoms with van der Waals surface area (Å²) in [6, 6.07) is 53.0. The van der Waals surface area contributed by atoms with Gasteiger partial charge >= 0.3 is 11.9 Å². The van der Waals surface area contributed by atoms with Gasteiger partial charge in [0.15, 0.2) is 0 Å². The quantitative estimate of drug-likeness (QED) is 0.0389. The lowest BCUT2D eigenvalue weighted by molar-refractivity contribution is 0.0128. The highest BCUT2D eigenvalue weighted by molar-refractivity contribution is 5.99. The molecule has 4 atom stereocenters. The van der Waals surface area contributed by atoms with Crippen molar-refractivity contribution in [1.82, 2.24) is 0 Å². The minimum Gasteiger partial charge on any atom is -0.508 e. The van der Waals surface area contributed by atoms with Crippen molar-refractivity contribution < 1.29 is 78.1 Å². The number of carboxylic acids is 1. The van der Waals surface area contributed by atoms with Gasteiger partial charge in [0.05, 0.1) is 19.8 Å². The molecule has 3 aliphatic rings. The molecule has 0 bridgehead atoms. The highest BCUT2D eigenvalue weighted by Gasteiger charge is 2.24. The number of hydrogen-bond donors (Lipinski definition) is 6. The van der Waals surface area contributed by atoms with E-state index in [1.165, 1.54) is 67.8 Å². The highest BCUT2D eigenvalue weighted by Crippen LogP contribution is 2.29. The molecule has 0 radical (unpaired) electrons. The second kappa shape index (κ2) is 41.5. The fraction of sp³-hybridized carbons (Fsp3) is 0.333. The number of epoxide rings is 3. The molecule has 6 N–H and O–H groups in total. The lowest BCUT2D eigenvalue weighted by Crippen LogP contribution is -2.25. The first-order valence-electron chi connectivity index (χ1n) is 28.8. The van der Waals surface area contributed by atoms with E-state index in [0.717, 1.165) is 37.1 Å². The normalized spacial score (nSPS) is 14.4. The molecule has 458 valence electrons. The molecule has 16 nitrogen and oxygen atoms in total. The molecule has 85 heavy (non-hydrogen) atoms. The first-order chi connectivity index (χ1) is 41.2. The minimum atomic E-state index is -1.20. The van der Waals surface area contributed by atoms with Crippen LogP contribution in [0.3, 0.4) is 0 Å². The van der Waals surface area contributed by atoms with E-state index in [9.17, 15) is 35.1 Å². The topological polar surface area (TPSA) is 239 Å². The summed E-state index contributed by atoms with van der Waals surface area (Å²) in [7, 11) is 0. The molecule has 8 aromatic rings. The molecule has 3 aliphatic heterocycles. The van der Waals surface area contributed by atoms with Gasteiger partial charge in [-0.3, -0.25) is 0 Å². The number of phenolic OH excluding ortho intramolecular Hbond substituents is 3. The van der Waals surface area contributed by atoms with Crippen LogP contribution in [0.25, 0.3) is 21.5 Å². The van der Waals surface area contributed by atoms with Crippen molar-refractivity contribution in [3.8, 4) is 46.0 Å². The minimum absolute atomic E-state index is 0.0329. The lowest BCUT2D eigenvalue weighted by Gasteiger charge is -2.13. The van der Waals surface area contributed by atoms with Gasteiger partial charge in [-0.1, -0.05) is 160 Å². The predicted octanol–water partition coefficient (Wildman–Crippen LogP) is 14.5. The van der Waals surface area contributed by atoms with E-state index in [1.807, 2.05) is 123 Å². The van der Waals surface area contributed by atoms with Crippen LogP contribution in [0.15, 0.2) is 182 Å². The van der Waals surface area contributed by atoms with E-state index in [0.29, 0.717) is 65.4 Å². The van der Waals surface area contributed by atoms with Crippen LogP contribution in [0.4, 0.5) is 0 Å². The van der Waals surface area contributed by atoms with E-state index in [1.54, 1.807) is 24.3 Å². The summed E-state index contributed by atoms with van der Waals surface area (Å²) in [5.41, 5.74) is -0.215. The standard InChI is InChI=1S/C20H18O6.C11H8O4.3C9H10O2.3C3H8.C2H6/c21-15-7-6-13-10-19(23)18(9-14(13)8-15)20(24)26-12-16(22)11-25-17-4-2-1-3-5-17;12-8-2-1-6-5-10(13)9(11(14)15)4-7(6)3-8;3*1-2-4-8(5-3-1)10-6-9-7-11-9;3*1-3-2;1-2/h1-10,16,21-23H,11-12H2;1-5,12-13H,(H,14,15);3*1-5,9H,6-7H2;3*3H2,1-2H3;1-2H3. The number of carbonyl (C=O) groups excluding carboxylic acids is 1. The zero-order chi connectivity index (χ0) is 62.2. The van der Waals surface area contributed by atoms with Gasteiger partial charge in [-0.2, -0.15) is 0 Å². The molecule has 16 heteroatoms. The summed E-state index contributed by atoms with van der Waals surface area (Å²) in [4.78, 5) is 22.9. The summed E-state index contributed by atoms with van der Waals surface area (Å²) in [6.45, 7) is 21.1. The van der Waals surface area contributed by atoms with Crippen molar-refractivity contribution in [3.63, 3.8) is 0 Å². The largest absolute Gasteiger partial charge is 0.508 e. The number of phenols is 4. The molecule has 8 aromatic carbocycles. The third kappa shape index (κ3) is 30.5. The first-order valence-corrected chi connectivity index (χ1v) is 28.8. The van der Waals surface area contributed by atoms with Crippen molar-refractivity contribution in [2.24, 2.45) is 0 Å². The van der Waals surface area contributed by atoms with Crippen LogP contribution < -0.4 is 18.9 Å². The third-order valence-electron chi connectivity index (χ3n) is 10.7. The molecule has 3 fully saturated rings. The number of ether oxygens (including phenoxy) is 8. The molecule has 0 aromatic heterocycles. The van der Waals surface area contributed by atoms with Crippen molar-refractivity contribution in [3.05, 3.63) is 193 Å². The second-order valence-electron chi connectivity index (χ2n) is 18.8. The predicted molar refractivity (Wildman–Crippen MR) is 334 cm³/mol. The van der Waals surface area contributed by atoms with Crippen molar-refractivity contribution in [1.29, 1.82) is 0 Å². The number of carboxylic acid groups (broad SMARTS) is 1. The van der Waals surface area contributed by atoms with Gasteiger partial charge in [0.2, 0.25) is 0 Å². The summed E-state index contributed by atoms with van der Waals surface area (Å²) in [6.07, 6.45) is 3.77. The number of aliphatic hydroxyl groups is 1. The highest BCUT2D eigenvalue weighted by atomic mass is 16.6. The summed E-state index contributed by atoms with van der Waals surface area (Å²) in [5, 5.41) is 59.3. The second-order valence-corrected chi connectivity index (χ2v) is 18.8. The number of para-hydroxylation sites is 4. The molecular weight excluding hydrogens is 1080 g/mol. The van der Waals surface area contributed by atoms with Gasteiger partial charge in [0, 0.05) is 0 Å². The zero-order valence-corrected chi connectivity index (χ0v) is 50.2. The Labute approximate surface area is 500 Å². The number of fused-ring (bicyclic) bond motifs is 2. The van der Waals surface area contributed by atoms with Crippen molar-refractivity contribution >= 4 is 33.5 Å². The number of aliphatic hydroxyl groups excluding tert-OH is 1. The molecule has 4 unspecified atom stereocenters. The number of rotatable bonds is 16. The number of aromatic hydroxyl groups is 4. The Kier molecular flexibility index (Phi) is 34.5. The maximum Gasteiger partial charge on any atom is 0.342 e. The van der Waals surface area contributed by atoms with Crippen molar-refractivity contribution in [2.45, 2.75) is 99.1 Å². The maximum absolute atomic E-state index is 12.2. The van der Waals surface area contributed by atoms with Crippen LogP contribution in [0.1, 0.15) is 95.4 Å². The first kappa shape index (κ1) is 70.7. The molecular formula is C69H86O16. The zero-order valence-electron chi connectivity index (χ0n) is 50.2. The van der Waals surface area contributed by atoms with Gasteiger partial charge in [0.25, 0.3) is 0 Å². The summed E-state index contributed by atoms with van der Waals surface area (Å²) in [5.74, 6) is 0.993. The number of aromatic carboxylic acids is 1. The SMILES string of the molecule is CC.CCC.CCC.CCC.O=C(O)c1cc2cc(O)ccc2cc1O.O=C(OCC(O)COc1ccccc1)c1cc2cc(O)ccc2cc1O.c1ccc(OCC2CO2)cc1.c1ccc(OCC2CO2)cc1.c1ccc(OCC2CO2)cc1. The van der Waals surface area contributed by atoms with Crippen LogP contribution in [-0.2, 0) is 18.9 Å². The fourth-order valence-corrected chi connectivity index (χ4v) is 6.50. The van der Waals surface area contributed by atoms with Gasteiger partial charge in [-0.05, 0) is 119 Å². The third-order valence-corrected chi connectivity index (χ3v) is 10.7. The monoisotopic (exact) mass is 1170 g/mol. The molecule has 11 rings (SSSR count). The molecule has 3 heterocycles. The molecule has 0 aliphatic carbocycles. The van der Waals surface area contributed by atoms with E-state index >= 15 is 0 Å². The number of benzene rings is 8. The molecule has 0 saturated carbocycles. The number of carbonyl (C=O) groups is 2. The van der Waals surface area contributed by atoms with Crippen LogP contribution in [0.5, 0.6) is 46.0 Å². The van der Waals surface area contributed by atoms with Crippen LogP contribution in [0, 0.1) is 0 Å². The van der Waals surface area contributed by atoms with E-state index < -0.39 is 18.0 Å². The Morgan fingerprint density at radius 1 is 0.435 bits per heavy atom. The van der Waals surface area contributed by atoms with Gasteiger partial charge in [-0.15, -0.1) is 0 Å². The molecule has 0 spiro atoms. The lowest BCUT2D eigenvalue weighted by atomic mass is 10.1. The van der Waals surface area contributed by atoms with E-state index in [2.05, 4.69) is 41.5 Å². The Balaban J connectivity index is 0.000000277. The van der Waals surface area contributed by atoms with Gasteiger partial charge in [0.1, 0.15) is 115 Å². The van der Waals surface area contributed by atoms with E-state index in [-0.39, 0.29) is 47.3 Å². The van der Waals surface area contributed by atoms with Crippen LogP contribution in [0.2, 0.25) is 0 Å². The Bertz CT molecular complexity index is 2910. The maximum atomic E-state index is 12.2. The Morgan fingerprint density at radius 3 is 1.06 bits per heavy atom. The number of hydrogen-bond acceptors (Lipinski definition) is 15. The van der Waals surface area contributed by atoms with Crippen LogP contribution in [-0.4, -0.2) is 120 Å². The average molecular weight is 1170 g/mol. The Hall–Kier alpha value is -8.54. The van der Waals surface area contributed by atoms with Crippen LogP contribution >= 0.6 is 0 Å². The van der Waals surface area contributed by atoms with Gasteiger partial charge in [-0.25, -0.2) is 9.59 Å². The van der Waals surface area contributed by atoms with Gasteiger partial charge < -0.3 is 68.5 Å². The smallest absolute Gasteiger partial charge is 0.342 e. The summed E-state index contributed by atoms with van der Waals surface area (Å²) < 4.78 is 41.7. The van der Waals surface area contributed by atoms with E-state index in [4.69, 9.17) is 43.0 Å². The van der Waals surface area contributed by atoms with Crippen molar-refractivity contribution in [2.75, 3.05) is 52.9 Å². The Morgan fingerprint density at radius 2 is 0.741 bits per heavy atom. The average Bonchev–Trinajstić information content (AvgIpc) is 3.98. The summed E-state index contributed by atoms with van der Waals surface area (Å²) >= 11 is 0. The molecule has 3 saturated heterocycles.